The number of carbonyl (C=O) groups excluding carboxylic acids is 1. The van der Waals surface area contributed by atoms with E-state index >= 15 is 0 Å². The summed E-state index contributed by atoms with van der Waals surface area (Å²) in [5, 5.41) is 3.66. The van der Waals surface area contributed by atoms with Crippen molar-refractivity contribution < 1.29 is 9.53 Å². The van der Waals surface area contributed by atoms with Crippen molar-refractivity contribution in [3.63, 3.8) is 0 Å². The lowest BCUT2D eigenvalue weighted by molar-refractivity contribution is -0.140. The molecule has 5 heteroatoms. The summed E-state index contributed by atoms with van der Waals surface area (Å²) < 4.78 is 6.81. The van der Waals surface area contributed by atoms with E-state index in [0.29, 0.717) is 12.8 Å². The van der Waals surface area contributed by atoms with E-state index in [1.54, 1.807) is 0 Å². The maximum atomic E-state index is 11.5. The largest absolute Gasteiger partial charge is 0.469 e. The zero-order valence-corrected chi connectivity index (χ0v) is 15.6. The van der Waals surface area contributed by atoms with Crippen LogP contribution in [0, 0.1) is 5.41 Å². The summed E-state index contributed by atoms with van der Waals surface area (Å²) in [7, 11) is 1.41. The number of carbonyl (C=O) groups is 1. The number of fused-ring (bicyclic) bond motifs is 1. The topological polar surface area (TPSA) is 55.6 Å². The molecule has 0 fully saturated rings. The predicted octanol–water partition coefficient (Wildman–Crippen LogP) is 4.07. The van der Waals surface area contributed by atoms with Gasteiger partial charge in [0, 0.05) is 18.2 Å². The van der Waals surface area contributed by atoms with Crippen molar-refractivity contribution >= 4 is 17.4 Å². The van der Waals surface area contributed by atoms with Crippen LogP contribution in [0.4, 0.5) is 5.82 Å². The summed E-state index contributed by atoms with van der Waals surface area (Å²) in [6, 6.07) is 5.93. The Morgan fingerprint density at radius 3 is 2.58 bits per heavy atom. The quantitative estimate of drug-likeness (QED) is 0.811. The van der Waals surface area contributed by atoms with E-state index in [-0.39, 0.29) is 16.9 Å². The monoisotopic (exact) mass is 331 g/mol. The molecule has 0 aliphatic carbocycles. The molecule has 0 radical (unpaired) electrons. The molecule has 2 heterocycles. The Labute approximate surface area is 144 Å². The van der Waals surface area contributed by atoms with Gasteiger partial charge in [-0.15, -0.1) is 0 Å². The van der Waals surface area contributed by atoms with Crippen LogP contribution in [0.2, 0.25) is 0 Å². The zero-order valence-electron chi connectivity index (χ0n) is 15.6. The molecule has 0 aliphatic rings. The van der Waals surface area contributed by atoms with Crippen LogP contribution in [0.25, 0.3) is 5.65 Å². The van der Waals surface area contributed by atoms with Crippen molar-refractivity contribution in [2.75, 3.05) is 12.4 Å². The van der Waals surface area contributed by atoms with Crippen molar-refractivity contribution in [3.05, 3.63) is 30.1 Å². The maximum Gasteiger partial charge on any atom is 0.305 e. The van der Waals surface area contributed by atoms with Gasteiger partial charge in [-0.05, 0) is 37.8 Å². The summed E-state index contributed by atoms with van der Waals surface area (Å²) in [5.74, 6) is 0.746. The van der Waals surface area contributed by atoms with Gasteiger partial charge in [0.1, 0.15) is 11.5 Å². The highest BCUT2D eigenvalue weighted by Gasteiger charge is 2.27. The Morgan fingerprint density at radius 1 is 1.25 bits per heavy atom. The van der Waals surface area contributed by atoms with Crippen molar-refractivity contribution in [1.29, 1.82) is 0 Å². The molecular formula is C19H29N3O2. The lowest BCUT2D eigenvalue weighted by Gasteiger charge is -2.34. The van der Waals surface area contributed by atoms with Gasteiger partial charge >= 0.3 is 5.97 Å². The second-order valence-corrected chi connectivity index (χ2v) is 8.16. The molecule has 24 heavy (non-hydrogen) atoms. The molecule has 0 aliphatic heterocycles. The Morgan fingerprint density at radius 2 is 1.96 bits per heavy atom. The lowest BCUT2D eigenvalue weighted by Crippen LogP contribution is -2.36. The minimum absolute atomic E-state index is 0.0932. The molecule has 2 aromatic rings. The van der Waals surface area contributed by atoms with Crippen molar-refractivity contribution in [2.24, 2.45) is 5.41 Å². The standard InChI is InChI=1S/C19H29N3O2/c1-18(2,3)13-19(4,5)21-17-14(10-11-16(23)24-6)20-15-9-7-8-12-22(15)17/h7-9,12,21H,10-11,13H2,1-6H3. The molecule has 132 valence electrons. The van der Waals surface area contributed by atoms with Gasteiger partial charge in [-0.25, -0.2) is 4.98 Å². The fourth-order valence-electron chi connectivity index (χ4n) is 3.36. The predicted molar refractivity (Wildman–Crippen MR) is 97.3 cm³/mol. The molecule has 0 unspecified atom stereocenters. The van der Waals surface area contributed by atoms with Crippen LogP contribution in [-0.4, -0.2) is 28.0 Å². The number of hydrogen-bond acceptors (Lipinski definition) is 4. The molecule has 0 atom stereocenters. The summed E-state index contributed by atoms with van der Waals surface area (Å²) in [6.07, 6.45) is 3.90. The van der Waals surface area contributed by atoms with Crippen LogP contribution in [0.3, 0.4) is 0 Å². The fourth-order valence-corrected chi connectivity index (χ4v) is 3.36. The van der Waals surface area contributed by atoms with Crippen molar-refractivity contribution in [2.45, 2.75) is 59.4 Å². The molecule has 2 aromatic heterocycles. The van der Waals surface area contributed by atoms with Gasteiger partial charge < -0.3 is 10.1 Å². The van der Waals surface area contributed by atoms with Gasteiger partial charge in [0.25, 0.3) is 0 Å². The highest BCUT2D eigenvalue weighted by atomic mass is 16.5. The molecule has 0 amide bonds. The summed E-state index contributed by atoms with van der Waals surface area (Å²) in [5.41, 5.74) is 1.90. The third-order valence-corrected chi connectivity index (χ3v) is 3.82. The minimum atomic E-state index is -0.216. The molecule has 5 nitrogen and oxygen atoms in total. The molecule has 0 aromatic carbocycles. The van der Waals surface area contributed by atoms with E-state index in [1.165, 1.54) is 7.11 Å². The highest BCUT2D eigenvalue weighted by Crippen LogP contribution is 2.31. The Hall–Kier alpha value is -2.04. The van der Waals surface area contributed by atoms with Gasteiger partial charge in [0.15, 0.2) is 0 Å². The van der Waals surface area contributed by atoms with E-state index in [0.717, 1.165) is 23.6 Å². The third kappa shape index (κ3) is 4.73. The summed E-state index contributed by atoms with van der Waals surface area (Å²) in [4.78, 5) is 16.2. The van der Waals surface area contributed by atoms with Gasteiger partial charge in [0.2, 0.25) is 0 Å². The van der Waals surface area contributed by atoms with Crippen LogP contribution in [0.15, 0.2) is 24.4 Å². The number of hydrogen-bond donors (Lipinski definition) is 1. The average Bonchev–Trinajstić information content (AvgIpc) is 2.79. The smallest absolute Gasteiger partial charge is 0.305 e. The number of anilines is 1. The first-order valence-corrected chi connectivity index (χ1v) is 8.42. The van der Waals surface area contributed by atoms with Crippen LogP contribution in [0.5, 0.6) is 0 Å². The number of nitrogens with zero attached hydrogens (tertiary/aromatic N) is 2. The molecule has 1 N–H and O–H groups in total. The van der Waals surface area contributed by atoms with Crippen molar-refractivity contribution in [1.82, 2.24) is 9.38 Å². The molecular weight excluding hydrogens is 302 g/mol. The summed E-state index contributed by atoms with van der Waals surface area (Å²) in [6.45, 7) is 11.1. The Kier molecular flexibility index (Phi) is 5.21. The first-order valence-electron chi connectivity index (χ1n) is 8.42. The SMILES string of the molecule is COC(=O)CCc1nc2ccccn2c1NC(C)(C)CC(C)(C)C. The molecule has 0 bridgehead atoms. The van der Waals surface area contributed by atoms with E-state index in [1.807, 2.05) is 24.4 Å². The third-order valence-electron chi connectivity index (χ3n) is 3.82. The lowest BCUT2D eigenvalue weighted by atomic mass is 9.82. The number of aromatic nitrogens is 2. The number of aryl methyl sites for hydroxylation is 1. The average molecular weight is 331 g/mol. The first kappa shape index (κ1) is 18.3. The fraction of sp³-hybridized carbons (Fsp3) is 0.579. The van der Waals surface area contributed by atoms with Gasteiger partial charge in [-0.3, -0.25) is 9.20 Å². The van der Waals surface area contributed by atoms with Gasteiger partial charge in [-0.1, -0.05) is 26.8 Å². The number of rotatable bonds is 6. The molecule has 2 rings (SSSR count). The van der Waals surface area contributed by atoms with E-state index < -0.39 is 0 Å². The van der Waals surface area contributed by atoms with E-state index in [2.05, 4.69) is 44.3 Å². The number of esters is 1. The second-order valence-electron chi connectivity index (χ2n) is 8.16. The molecule has 0 saturated heterocycles. The minimum Gasteiger partial charge on any atom is -0.469 e. The van der Waals surface area contributed by atoms with Crippen LogP contribution in [0.1, 0.15) is 53.2 Å². The van der Waals surface area contributed by atoms with Crippen molar-refractivity contribution in [3.8, 4) is 0 Å². The number of pyridine rings is 1. The van der Waals surface area contributed by atoms with E-state index in [4.69, 9.17) is 9.72 Å². The number of methoxy groups -OCH3 is 1. The number of imidazole rings is 1. The number of nitrogens with one attached hydrogen (secondary N) is 1. The maximum absolute atomic E-state index is 11.5. The highest BCUT2D eigenvalue weighted by molar-refractivity contribution is 5.70. The van der Waals surface area contributed by atoms with Gasteiger partial charge in [-0.2, -0.15) is 0 Å². The normalized spacial score (nSPS) is 12.4. The van der Waals surface area contributed by atoms with E-state index in [9.17, 15) is 4.79 Å². The molecule has 0 spiro atoms. The first-order chi connectivity index (χ1) is 11.1. The Balaban J connectivity index is 2.33. The van der Waals surface area contributed by atoms with Crippen LogP contribution < -0.4 is 5.32 Å². The van der Waals surface area contributed by atoms with Crippen LogP contribution >= 0.6 is 0 Å². The number of ether oxygens (including phenoxy) is 1. The zero-order chi connectivity index (χ0) is 18.0. The molecule has 0 saturated carbocycles. The van der Waals surface area contributed by atoms with Crippen LogP contribution in [-0.2, 0) is 16.0 Å². The van der Waals surface area contributed by atoms with Gasteiger partial charge in [0.05, 0.1) is 19.2 Å². The summed E-state index contributed by atoms with van der Waals surface area (Å²) >= 11 is 0. The Bertz CT molecular complexity index is 711. The second kappa shape index (κ2) is 6.83.